The van der Waals surface area contributed by atoms with Crippen LogP contribution >= 0.6 is 43.6 Å². The van der Waals surface area contributed by atoms with Crippen LogP contribution in [0.25, 0.3) is 0 Å². The van der Waals surface area contributed by atoms with E-state index >= 15 is 0 Å². The second-order valence-corrected chi connectivity index (χ2v) is 9.13. The van der Waals surface area contributed by atoms with Crippen molar-refractivity contribution in [1.82, 2.24) is 9.55 Å². The SMILES string of the molecule is CCCCCCCCSC(Cn1ccnc1)c1ccc(Br)cc1Br. The van der Waals surface area contributed by atoms with E-state index in [2.05, 4.69) is 78.3 Å². The van der Waals surface area contributed by atoms with Crippen molar-refractivity contribution < 1.29 is 0 Å². The molecule has 0 aliphatic heterocycles. The van der Waals surface area contributed by atoms with Crippen molar-refractivity contribution in [1.29, 1.82) is 0 Å². The molecule has 0 radical (unpaired) electrons. The lowest BCUT2D eigenvalue weighted by molar-refractivity contribution is 0.625. The van der Waals surface area contributed by atoms with Gasteiger partial charge < -0.3 is 4.57 Å². The fraction of sp³-hybridized carbons (Fsp3) is 0.526. The van der Waals surface area contributed by atoms with Gasteiger partial charge in [-0.1, -0.05) is 77.0 Å². The van der Waals surface area contributed by atoms with E-state index in [1.165, 1.54) is 54.3 Å². The fourth-order valence-electron chi connectivity index (χ4n) is 2.70. The second kappa shape index (κ2) is 11.4. The third kappa shape index (κ3) is 6.93. The standard InChI is InChI=1S/C19H26Br2N2S/c1-2-3-4-5-6-7-12-24-19(14-23-11-10-22-15-23)17-9-8-16(20)13-18(17)21/h8-11,13,15,19H,2-7,12,14H2,1H3. The summed E-state index contributed by atoms with van der Waals surface area (Å²) in [5, 5.41) is 0.442. The van der Waals surface area contributed by atoms with E-state index < -0.39 is 0 Å². The predicted octanol–water partition coefficient (Wildman–Crippen LogP) is 7.24. The molecule has 0 saturated heterocycles. The Morgan fingerprint density at radius 3 is 2.62 bits per heavy atom. The Morgan fingerprint density at radius 1 is 1.12 bits per heavy atom. The number of unbranched alkanes of at least 4 members (excludes halogenated alkanes) is 5. The molecule has 1 aromatic carbocycles. The topological polar surface area (TPSA) is 17.8 Å². The van der Waals surface area contributed by atoms with Crippen molar-refractivity contribution in [2.45, 2.75) is 57.2 Å². The second-order valence-electron chi connectivity index (χ2n) is 6.05. The first-order valence-electron chi connectivity index (χ1n) is 8.73. The molecule has 0 amide bonds. The molecule has 0 saturated carbocycles. The molecule has 0 N–H and O–H groups in total. The Hall–Kier alpha value is -0.260. The van der Waals surface area contributed by atoms with Crippen LogP contribution in [0.15, 0.2) is 45.9 Å². The van der Waals surface area contributed by atoms with Crippen LogP contribution in [-0.2, 0) is 6.54 Å². The number of rotatable bonds is 11. The zero-order valence-corrected chi connectivity index (χ0v) is 18.2. The fourth-order valence-corrected chi connectivity index (χ4v) is 5.49. The lowest BCUT2D eigenvalue weighted by atomic mass is 10.1. The molecule has 5 heteroatoms. The quantitative estimate of drug-likeness (QED) is 0.320. The summed E-state index contributed by atoms with van der Waals surface area (Å²) in [5.74, 6) is 1.22. The van der Waals surface area contributed by atoms with Gasteiger partial charge in [0.05, 0.1) is 6.33 Å². The number of aromatic nitrogens is 2. The summed E-state index contributed by atoms with van der Waals surface area (Å²) >= 11 is 9.35. The van der Waals surface area contributed by atoms with Crippen molar-refractivity contribution in [3.63, 3.8) is 0 Å². The highest BCUT2D eigenvalue weighted by molar-refractivity contribution is 9.11. The van der Waals surface area contributed by atoms with Gasteiger partial charge in [-0.15, -0.1) is 0 Å². The smallest absolute Gasteiger partial charge is 0.0946 e. The van der Waals surface area contributed by atoms with Crippen molar-refractivity contribution in [3.05, 3.63) is 51.4 Å². The minimum Gasteiger partial charge on any atom is -0.336 e. The van der Waals surface area contributed by atoms with E-state index in [-0.39, 0.29) is 0 Å². The minimum absolute atomic E-state index is 0.442. The average Bonchev–Trinajstić information content (AvgIpc) is 3.06. The number of nitrogens with zero attached hydrogens (tertiary/aromatic N) is 2. The van der Waals surface area contributed by atoms with Crippen molar-refractivity contribution in [3.8, 4) is 0 Å². The van der Waals surface area contributed by atoms with Gasteiger partial charge in [0.1, 0.15) is 0 Å². The lowest BCUT2D eigenvalue weighted by Gasteiger charge is -2.19. The summed E-state index contributed by atoms with van der Waals surface area (Å²) in [4.78, 5) is 4.18. The van der Waals surface area contributed by atoms with Crippen LogP contribution in [0, 0.1) is 0 Å². The van der Waals surface area contributed by atoms with Gasteiger partial charge in [-0.2, -0.15) is 11.8 Å². The molecular formula is C19H26Br2N2S. The molecule has 0 bridgehead atoms. The molecule has 0 aliphatic carbocycles. The maximum atomic E-state index is 4.18. The number of thioether (sulfide) groups is 1. The van der Waals surface area contributed by atoms with E-state index in [1.807, 2.05) is 18.7 Å². The summed E-state index contributed by atoms with van der Waals surface area (Å²) in [5.41, 5.74) is 1.36. The first-order valence-corrected chi connectivity index (χ1v) is 11.4. The number of imidazole rings is 1. The van der Waals surface area contributed by atoms with Crippen LogP contribution in [0.3, 0.4) is 0 Å². The van der Waals surface area contributed by atoms with E-state index in [4.69, 9.17) is 0 Å². The highest BCUT2D eigenvalue weighted by Crippen LogP contribution is 2.37. The van der Waals surface area contributed by atoms with Crippen LogP contribution in [0.5, 0.6) is 0 Å². The summed E-state index contributed by atoms with van der Waals surface area (Å²) in [6, 6.07) is 6.50. The first-order chi connectivity index (χ1) is 11.7. The molecule has 1 unspecified atom stereocenters. The Balaban J connectivity index is 1.91. The number of hydrogen-bond acceptors (Lipinski definition) is 2. The Morgan fingerprint density at radius 2 is 1.92 bits per heavy atom. The summed E-state index contributed by atoms with van der Waals surface area (Å²) in [6.07, 6.45) is 13.9. The molecule has 2 aromatic rings. The van der Waals surface area contributed by atoms with E-state index in [0.717, 1.165) is 11.0 Å². The van der Waals surface area contributed by atoms with Crippen LogP contribution in [0.2, 0.25) is 0 Å². The average molecular weight is 474 g/mol. The van der Waals surface area contributed by atoms with Crippen molar-refractivity contribution >= 4 is 43.6 Å². The normalized spacial score (nSPS) is 12.5. The maximum absolute atomic E-state index is 4.18. The zero-order chi connectivity index (χ0) is 17.2. The number of benzene rings is 1. The van der Waals surface area contributed by atoms with Crippen molar-refractivity contribution in [2.24, 2.45) is 0 Å². The molecule has 2 nitrogen and oxygen atoms in total. The van der Waals surface area contributed by atoms with Gasteiger partial charge in [-0.25, -0.2) is 4.98 Å². The third-order valence-electron chi connectivity index (χ3n) is 4.06. The van der Waals surface area contributed by atoms with Gasteiger partial charge in [0.25, 0.3) is 0 Å². The molecule has 0 fully saturated rings. The molecule has 0 aliphatic rings. The van der Waals surface area contributed by atoms with Gasteiger partial charge >= 0.3 is 0 Å². The largest absolute Gasteiger partial charge is 0.336 e. The van der Waals surface area contributed by atoms with Gasteiger partial charge in [0.2, 0.25) is 0 Å². The molecule has 1 atom stereocenters. The van der Waals surface area contributed by atoms with E-state index in [9.17, 15) is 0 Å². The summed E-state index contributed by atoms with van der Waals surface area (Å²) in [6.45, 7) is 3.23. The van der Waals surface area contributed by atoms with Crippen LogP contribution < -0.4 is 0 Å². The minimum atomic E-state index is 0.442. The zero-order valence-electron chi connectivity index (χ0n) is 14.3. The first kappa shape index (κ1) is 20.1. The highest BCUT2D eigenvalue weighted by atomic mass is 79.9. The third-order valence-corrected chi connectivity index (χ3v) is 6.57. The van der Waals surface area contributed by atoms with Gasteiger partial charge in [0, 0.05) is 33.1 Å². The van der Waals surface area contributed by atoms with Gasteiger partial charge in [0.15, 0.2) is 0 Å². The van der Waals surface area contributed by atoms with Gasteiger partial charge in [-0.3, -0.25) is 0 Å². The predicted molar refractivity (Wildman–Crippen MR) is 113 cm³/mol. The lowest BCUT2D eigenvalue weighted by Crippen LogP contribution is -2.06. The molecule has 132 valence electrons. The van der Waals surface area contributed by atoms with Crippen LogP contribution in [0.4, 0.5) is 0 Å². The van der Waals surface area contributed by atoms with Gasteiger partial charge in [-0.05, 0) is 29.9 Å². The molecule has 24 heavy (non-hydrogen) atoms. The molecular weight excluding hydrogens is 448 g/mol. The Labute approximate surface area is 167 Å². The summed E-state index contributed by atoms with van der Waals surface area (Å²) in [7, 11) is 0. The number of halogens is 2. The monoisotopic (exact) mass is 472 g/mol. The number of hydrogen-bond donors (Lipinski definition) is 0. The maximum Gasteiger partial charge on any atom is 0.0946 e. The Bertz CT molecular complexity index is 587. The van der Waals surface area contributed by atoms with Crippen LogP contribution in [0.1, 0.15) is 56.3 Å². The molecule has 1 heterocycles. The highest BCUT2D eigenvalue weighted by Gasteiger charge is 2.16. The Kier molecular flexibility index (Phi) is 9.51. The van der Waals surface area contributed by atoms with Crippen molar-refractivity contribution in [2.75, 3.05) is 5.75 Å². The molecule has 1 aromatic heterocycles. The molecule has 2 rings (SSSR count). The van der Waals surface area contributed by atoms with E-state index in [1.54, 1.807) is 0 Å². The van der Waals surface area contributed by atoms with Crippen LogP contribution in [-0.4, -0.2) is 15.3 Å². The van der Waals surface area contributed by atoms with E-state index in [0.29, 0.717) is 5.25 Å². The molecule has 0 spiro atoms. The summed E-state index contributed by atoms with van der Waals surface area (Å²) < 4.78 is 4.46.